The molecule has 8 heteroatoms. The van der Waals surface area contributed by atoms with Crippen LogP contribution in [-0.4, -0.2) is 11.5 Å². The van der Waals surface area contributed by atoms with Gasteiger partial charge in [-0.15, -0.1) is 0 Å². The van der Waals surface area contributed by atoms with E-state index in [4.69, 9.17) is 11.1 Å². The molecule has 0 rings (SSSR count). The number of carbonyl (C=O) groups excluding carboxylic acids is 1. The molecule has 0 unspecified atom stereocenters. The Kier molecular flexibility index (Phi) is 7.14. The van der Waals surface area contributed by atoms with E-state index in [1.807, 2.05) is 0 Å². The topological polar surface area (TPSA) is 146 Å². The van der Waals surface area contributed by atoms with Gasteiger partial charge in [-0.3, -0.25) is 4.79 Å². The standard InChI is InChI=1S/CN6O.H2O/c2-6-4-1(8)5-7-3;/h;1H2. The number of carbonyl (C=O) groups is 1. The Morgan fingerprint density at radius 3 is 1.78 bits per heavy atom. The number of rotatable bonds is 0. The Balaban J connectivity index is 0. The van der Waals surface area contributed by atoms with Crippen molar-refractivity contribution in [2.24, 2.45) is 10.2 Å². The molecule has 0 bridgehead atoms. The third-order valence-electron chi connectivity index (χ3n) is 0.261. The second-order valence-electron chi connectivity index (χ2n) is 0.661. The number of urea groups is 1. The molecule has 48 valence electrons. The van der Waals surface area contributed by atoms with Crippen LogP contribution < -0.4 is 0 Å². The first-order valence-electron chi connectivity index (χ1n) is 1.45. The summed E-state index contributed by atoms with van der Waals surface area (Å²) in [5.74, 6) is 0. The van der Waals surface area contributed by atoms with E-state index in [2.05, 4.69) is 20.1 Å². The normalized spacial score (nSPS) is 5.33. The summed E-state index contributed by atoms with van der Waals surface area (Å²) in [5.41, 5.74) is 15.0. The molecule has 0 aromatic carbocycles. The highest BCUT2D eigenvalue weighted by atomic mass is 16.2. The Morgan fingerprint density at radius 1 is 1.22 bits per heavy atom. The molecule has 0 aromatic heterocycles. The van der Waals surface area contributed by atoms with Gasteiger partial charge in [0.25, 0.3) is 0 Å². The predicted molar refractivity (Wildman–Crippen MR) is 27.3 cm³/mol. The Bertz CT molecular complexity index is 163. The molecule has 0 aliphatic carbocycles. The molecule has 0 heterocycles. The van der Waals surface area contributed by atoms with Gasteiger partial charge >= 0.3 is 6.03 Å². The van der Waals surface area contributed by atoms with E-state index in [0.29, 0.717) is 0 Å². The van der Waals surface area contributed by atoms with Gasteiger partial charge in [-0.1, -0.05) is 0 Å². The number of hydrogen-bond acceptors (Lipinski definition) is 1. The van der Waals surface area contributed by atoms with Crippen molar-refractivity contribution in [1.29, 1.82) is 0 Å². The highest BCUT2D eigenvalue weighted by Gasteiger charge is 1.84. The van der Waals surface area contributed by atoms with Gasteiger partial charge in [-0.05, 0) is 21.3 Å². The summed E-state index contributed by atoms with van der Waals surface area (Å²) in [7, 11) is 0. The lowest BCUT2D eigenvalue weighted by atomic mass is 11.2. The summed E-state index contributed by atoms with van der Waals surface area (Å²) in [6.45, 7) is 0. The van der Waals surface area contributed by atoms with Gasteiger partial charge in [0, 0.05) is 9.82 Å². The molecular weight excluding hydrogens is 128 g/mol. The number of hydrogen-bond donors (Lipinski definition) is 0. The molecule has 0 radical (unpaired) electrons. The summed E-state index contributed by atoms with van der Waals surface area (Å²) in [5, 5.41) is 4.87. The van der Waals surface area contributed by atoms with Gasteiger partial charge in [0.2, 0.25) is 0 Å². The molecule has 0 aliphatic rings. The first-order valence-corrected chi connectivity index (χ1v) is 1.45. The maximum atomic E-state index is 9.80. The van der Waals surface area contributed by atoms with E-state index in [9.17, 15) is 4.79 Å². The lowest BCUT2D eigenvalue weighted by Crippen LogP contribution is -1.73. The minimum Gasteiger partial charge on any atom is -0.412 e. The first-order chi connectivity index (χ1) is 3.81. The highest BCUT2D eigenvalue weighted by molar-refractivity contribution is 5.75. The van der Waals surface area contributed by atoms with Gasteiger partial charge in [-0.2, -0.15) is 0 Å². The third kappa shape index (κ3) is 6.25. The fourth-order valence-corrected chi connectivity index (χ4v) is 0.0965. The molecule has 0 atom stereocenters. The fraction of sp³-hybridized carbons (Fsp3) is 0. The van der Waals surface area contributed by atoms with E-state index in [1.54, 1.807) is 0 Å². The molecule has 2 amide bonds. The second kappa shape index (κ2) is 6.25. The van der Waals surface area contributed by atoms with Crippen molar-refractivity contribution < 1.29 is 10.3 Å². The van der Waals surface area contributed by atoms with Crippen LogP contribution >= 0.6 is 0 Å². The van der Waals surface area contributed by atoms with Gasteiger partial charge in [0.1, 0.15) is 0 Å². The molecule has 0 spiro atoms. The summed E-state index contributed by atoms with van der Waals surface area (Å²) in [6, 6.07) is -1.17. The van der Waals surface area contributed by atoms with Crippen LogP contribution in [0.5, 0.6) is 0 Å². The quantitative estimate of drug-likeness (QED) is 0.267. The van der Waals surface area contributed by atoms with Gasteiger partial charge in [0.05, 0.1) is 0 Å². The smallest absolute Gasteiger partial charge is 0.305 e. The van der Waals surface area contributed by atoms with E-state index in [1.165, 1.54) is 0 Å². The van der Waals surface area contributed by atoms with Gasteiger partial charge in [-0.25, -0.2) is 0 Å². The van der Waals surface area contributed by atoms with Crippen LogP contribution in [0.15, 0.2) is 10.2 Å². The molecule has 0 fully saturated rings. The van der Waals surface area contributed by atoms with Crippen LogP contribution in [0.25, 0.3) is 20.9 Å². The van der Waals surface area contributed by atoms with E-state index in [0.717, 1.165) is 0 Å². The van der Waals surface area contributed by atoms with Crippen molar-refractivity contribution in [2.45, 2.75) is 0 Å². The molecule has 2 N–H and O–H groups in total. The lowest BCUT2D eigenvalue weighted by Gasteiger charge is -1.65. The Morgan fingerprint density at radius 2 is 1.56 bits per heavy atom. The summed E-state index contributed by atoms with van der Waals surface area (Å²) in [4.78, 5) is 13.9. The lowest BCUT2D eigenvalue weighted by molar-refractivity contribution is 0.256. The zero-order valence-electron chi connectivity index (χ0n) is 4.09. The van der Waals surface area contributed by atoms with Crippen molar-refractivity contribution >= 4 is 6.03 Å². The van der Waals surface area contributed by atoms with Crippen molar-refractivity contribution in [3.63, 3.8) is 0 Å². The molecule has 0 aliphatic heterocycles. The maximum Gasteiger partial charge on any atom is 0.305 e. The summed E-state index contributed by atoms with van der Waals surface area (Å²) < 4.78 is 0. The molecule has 0 saturated heterocycles. The molecule has 0 aromatic rings. The van der Waals surface area contributed by atoms with Crippen LogP contribution in [0.3, 0.4) is 0 Å². The molecule has 0 saturated carbocycles. The zero-order chi connectivity index (χ0) is 6.41. The summed E-state index contributed by atoms with van der Waals surface area (Å²) in [6.07, 6.45) is 0. The fourth-order valence-electron chi connectivity index (χ4n) is 0.0965. The zero-order valence-corrected chi connectivity index (χ0v) is 4.09. The highest BCUT2D eigenvalue weighted by Crippen LogP contribution is 1.80. The minimum absolute atomic E-state index is 0. The third-order valence-corrected chi connectivity index (χ3v) is 0.261. The Labute approximate surface area is 48.6 Å². The number of amides is 2. The van der Waals surface area contributed by atoms with Crippen LogP contribution in [0.2, 0.25) is 0 Å². The SMILES string of the molecule is O.[N-]=[N+]=NC(=O)N=[N+]=[N-]. The second-order valence-corrected chi connectivity index (χ2v) is 0.661. The van der Waals surface area contributed by atoms with Crippen LogP contribution in [0, 0.1) is 0 Å². The summed E-state index contributed by atoms with van der Waals surface area (Å²) >= 11 is 0. The van der Waals surface area contributed by atoms with Gasteiger partial charge < -0.3 is 5.48 Å². The minimum atomic E-state index is -1.17. The van der Waals surface area contributed by atoms with Crippen molar-refractivity contribution in [3.8, 4) is 0 Å². The van der Waals surface area contributed by atoms with Crippen LogP contribution in [0.1, 0.15) is 0 Å². The molecule has 8 nitrogen and oxygen atoms in total. The average molecular weight is 130 g/mol. The molecule has 9 heavy (non-hydrogen) atoms. The molecular formula is CH2N6O2. The Hall–Kier alpha value is -1.75. The van der Waals surface area contributed by atoms with E-state index >= 15 is 0 Å². The first kappa shape index (κ1) is 10.3. The number of azide groups is 1. The van der Waals surface area contributed by atoms with E-state index in [-0.39, 0.29) is 5.48 Å². The van der Waals surface area contributed by atoms with Crippen LogP contribution in [0.4, 0.5) is 4.79 Å². The van der Waals surface area contributed by atoms with Crippen molar-refractivity contribution in [2.75, 3.05) is 0 Å². The van der Waals surface area contributed by atoms with Crippen molar-refractivity contribution in [1.82, 2.24) is 0 Å². The maximum absolute atomic E-state index is 9.80. The van der Waals surface area contributed by atoms with Crippen molar-refractivity contribution in [3.05, 3.63) is 20.9 Å². The largest absolute Gasteiger partial charge is 0.412 e. The predicted octanol–water partition coefficient (Wildman–Crippen LogP) is 0.902. The van der Waals surface area contributed by atoms with E-state index < -0.39 is 6.03 Å². The monoisotopic (exact) mass is 130 g/mol. The average Bonchev–Trinajstić information content (AvgIpc) is 1.68. The van der Waals surface area contributed by atoms with Gasteiger partial charge in [0.15, 0.2) is 0 Å². The van der Waals surface area contributed by atoms with Crippen LogP contribution in [-0.2, 0) is 0 Å². The number of nitrogens with zero attached hydrogens (tertiary/aromatic N) is 6.